The number of hydrogen-bond donors (Lipinski definition) is 0. The molecular formula is C21H31O4P. The summed E-state index contributed by atoms with van der Waals surface area (Å²) in [6, 6.07) is 8.68. The van der Waals surface area contributed by atoms with Crippen molar-refractivity contribution in [3.8, 4) is 0 Å². The highest BCUT2D eigenvalue weighted by molar-refractivity contribution is 7.48. The predicted molar refractivity (Wildman–Crippen MR) is 106 cm³/mol. The summed E-state index contributed by atoms with van der Waals surface area (Å²) in [6.07, 6.45) is 11.3. The number of benzene rings is 1. The maximum atomic E-state index is 12.5. The van der Waals surface area contributed by atoms with Crippen molar-refractivity contribution in [2.24, 2.45) is 0 Å². The van der Waals surface area contributed by atoms with Gasteiger partial charge in [-0.05, 0) is 42.7 Å². The summed E-state index contributed by atoms with van der Waals surface area (Å²) in [6.45, 7) is 7.69. The first-order valence-corrected chi connectivity index (χ1v) is 11.0. The zero-order valence-electron chi connectivity index (χ0n) is 15.6. The van der Waals surface area contributed by atoms with Gasteiger partial charge in [0.1, 0.15) is 0 Å². The molecule has 144 valence electrons. The molecule has 0 aliphatic heterocycles. The lowest BCUT2D eigenvalue weighted by atomic mass is 9.81. The average molecular weight is 378 g/mol. The van der Waals surface area contributed by atoms with Crippen molar-refractivity contribution >= 4 is 7.82 Å². The molecule has 5 heteroatoms. The van der Waals surface area contributed by atoms with Crippen molar-refractivity contribution in [2.75, 3.05) is 19.8 Å². The van der Waals surface area contributed by atoms with Crippen LogP contribution < -0.4 is 0 Å². The van der Waals surface area contributed by atoms with Crippen molar-refractivity contribution in [3.63, 3.8) is 0 Å². The first kappa shape index (κ1) is 21.1. The lowest BCUT2D eigenvalue weighted by Gasteiger charge is -2.24. The largest absolute Gasteiger partial charge is 0.475 e. The number of hydrogen-bond acceptors (Lipinski definition) is 4. The molecule has 1 fully saturated rings. The monoisotopic (exact) mass is 378 g/mol. The zero-order chi connectivity index (χ0) is 18.7. The number of phosphoric acid groups is 1. The molecule has 0 unspecified atom stereocenters. The molecule has 0 aromatic heterocycles. The topological polar surface area (TPSA) is 44.8 Å². The van der Waals surface area contributed by atoms with Gasteiger partial charge in [0.25, 0.3) is 0 Å². The Kier molecular flexibility index (Phi) is 9.35. The third kappa shape index (κ3) is 6.85. The summed E-state index contributed by atoms with van der Waals surface area (Å²) >= 11 is 0. The summed E-state index contributed by atoms with van der Waals surface area (Å²) in [5.74, 6) is 0.679. The molecule has 0 heterocycles. The molecule has 26 heavy (non-hydrogen) atoms. The van der Waals surface area contributed by atoms with Crippen LogP contribution in [0.4, 0.5) is 0 Å². The molecular weight excluding hydrogens is 347 g/mol. The minimum Gasteiger partial charge on any atom is -0.287 e. The van der Waals surface area contributed by atoms with Crippen molar-refractivity contribution < 1.29 is 18.1 Å². The maximum absolute atomic E-state index is 12.5. The van der Waals surface area contributed by atoms with Crippen LogP contribution in [-0.4, -0.2) is 19.8 Å². The van der Waals surface area contributed by atoms with Gasteiger partial charge in [-0.25, -0.2) is 4.57 Å². The summed E-state index contributed by atoms with van der Waals surface area (Å²) in [5, 5.41) is 0. The van der Waals surface area contributed by atoms with E-state index in [4.69, 9.17) is 13.6 Å². The Bertz CT molecular complexity index is 592. The second-order valence-electron chi connectivity index (χ2n) is 6.59. The standard InChI is InChI=1S/C21H31O4P/c1-3-16-23-26(22,24-17-4-2)25-18-10-14-20-13-8-9-15-21(20)19-11-6-5-7-12-19/h3-4,8-9,13,15,19H,1-2,5-7,10-12,14,16-18H2. The van der Waals surface area contributed by atoms with Gasteiger partial charge >= 0.3 is 7.82 Å². The number of phosphoric ester groups is 1. The molecule has 4 nitrogen and oxygen atoms in total. The fourth-order valence-corrected chi connectivity index (χ4v) is 4.56. The van der Waals surface area contributed by atoms with E-state index in [0.717, 1.165) is 12.8 Å². The molecule has 1 saturated carbocycles. The van der Waals surface area contributed by atoms with Crippen LogP contribution in [-0.2, 0) is 24.6 Å². The molecule has 2 rings (SSSR count). The summed E-state index contributed by atoms with van der Waals surface area (Å²) < 4.78 is 28.3. The molecule has 1 aliphatic rings. The molecule has 1 aromatic carbocycles. The first-order chi connectivity index (χ1) is 12.7. The third-order valence-electron chi connectivity index (χ3n) is 4.64. The Hall–Kier alpha value is -1.19. The van der Waals surface area contributed by atoms with Gasteiger partial charge in [0.05, 0.1) is 19.8 Å². The van der Waals surface area contributed by atoms with Crippen LogP contribution >= 0.6 is 7.82 Å². The van der Waals surface area contributed by atoms with Crippen molar-refractivity contribution in [2.45, 2.75) is 50.9 Å². The van der Waals surface area contributed by atoms with Crippen LogP contribution in [0.2, 0.25) is 0 Å². The van der Waals surface area contributed by atoms with E-state index in [2.05, 4.69) is 37.4 Å². The van der Waals surface area contributed by atoms with Crippen molar-refractivity contribution in [1.29, 1.82) is 0 Å². The lowest BCUT2D eigenvalue weighted by Crippen LogP contribution is -2.08. The molecule has 0 spiro atoms. The Morgan fingerprint density at radius 1 is 1.00 bits per heavy atom. The second kappa shape index (κ2) is 11.5. The van der Waals surface area contributed by atoms with E-state index >= 15 is 0 Å². The smallest absolute Gasteiger partial charge is 0.287 e. The van der Waals surface area contributed by atoms with E-state index in [-0.39, 0.29) is 13.2 Å². The van der Waals surface area contributed by atoms with Gasteiger partial charge in [-0.2, -0.15) is 0 Å². The van der Waals surface area contributed by atoms with Crippen LogP contribution in [0.5, 0.6) is 0 Å². The molecule has 0 atom stereocenters. The predicted octanol–water partition coefficient (Wildman–Crippen LogP) is 6.20. The number of rotatable bonds is 12. The molecule has 0 amide bonds. The van der Waals surface area contributed by atoms with Gasteiger partial charge in [-0.3, -0.25) is 13.6 Å². The van der Waals surface area contributed by atoms with Gasteiger partial charge in [-0.15, -0.1) is 13.2 Å². The quantitative estimate of drug-likeness (QED) is 0.247. The third-order valence-corrected chi connectivity index (χ3v) is 6.07. The maximum Gasteiger partial charge on any atom is 0.475 e. The Morgan fingerprint density at radius 3 is 2.31 bits per heavy atom. The minimum absolute atomic E-state index is 0.124. The van der Waals surface area contributed by atoms with Gasteiger partial charge in [-0.1, -0.05) is 55.7 Å². The van der Waals surface area contributed by atoms with Crippen LogP contribution in [0, 0.1) is 0 Å². The Morgan fingerprint density at radius 2 is 1.65 bits per heavy atom. The molecule has 0 bridgehead atoms. The van der Waals surface area contributed by atoms with Crippen LogP contribution in [0.15, 0.2) is 49.6 Å². The number of aryl methyl sites for hydroxylation is 1. The van der Waals surface area contributed by atoms with Crippen LogP contribution in [0.1, 0.15) is 55.6 Å². The molecule has 0 saturated heterocycles. The van der Waals surface area contributed by atoms with Crippen LogP contribution in [0.3, 0.4) is 0 Å². The Balaban J connectivity index is 1.87. The van der Waals surface area contributed by atoms with E-state index < -0.39 is 7.82 Å². The fraction of sp³-hybridized carbons (Fsp3) is 0.524. The lowest BCUT2D eigenvalue weighted by molar-refractivity contribution is 0.130. The molecule has 1 aromatic rings. The van der Waals surface area contributed by atoms with E-state index in [9.17, 15) is 4.57 Å². The van der Waals surface area contributed by atoms with Crippen molar-refractivity contribution in [1.82, 2.24) is 0 Å². The van der Waals surface area contributed by atoms with Gasteiger partial charge < -0.3 is 0 Å². The summed E-state index contributed by atoms with van der Waals surface area (Å²) in [5.41, 5.74) is 2.85. The average Bonchev–Trinajstić information content (AvgIpc) is 2.69. The fourth-order valence-electron chi connectivity index (χ4n) is 3.41. The highest BCUT2D eigenvalue weighted by Crippen LogP contribution is 2.49. The normalized spacial score (nSPS) is 15.7. The van der Waals surface area contributed by atoms with E-state index in [1.54, 1.807) is 0 Å². The van der Waals surface area contributed by atoms with Gasteiger partial charge in [0, 0.05) is 0 Å². The molecule has 0 N–H and O–H groups in total. The summed E-state index contributed by atoms with van der Waals surface area (Å²) in [4.78, 5) is 0. The minimum atomic E-state index is -3.55. The van der Waals surface area contributed by atoms with E-state index in [0.29, 0.717) is 12.5 Å². The highest BCUT2D eigenvalue weighted by Gasteiger charge is 2.25. The second-order valence-corrected chi connectivity index (χ2v) is 8.26. The molecule has 1 aliphatic carbocycles. The Labute approximate surface area is 157 Å². The highest BCUT2D eigenvalue weighted by atomic mass is 31.2. The SMILES string of the molecule is C=CCOP(=O)(OCC=C)OCCCc1ccccc1C1CCCCC1. The van der Waals surface area contributed by atoms with Crippen molar-refractivity contribution in [3.05, 3.63) is 60.7 Å². The van der Waals surface area contributed by atoms with Crippen LogP contribution in [0.25, 0.3) is 0 Å². The zero-order valence-corrected chi connectivity index (χ0v) is 16.5. The van der Waals surface area contributed by atoms with Gasteiger partial charge in [0.15, 0.2) is 0 Å². The van der Waals surface area contributed by atoms with Gasteiger partial charge in [0.2, 0.25) is 0 Å². The van der Waals surface area contributed by atoms with E-state index in [1.165, 1.54) is 55.4 Å². The van der Waals surface area contributed by atoms with E-state index in [1.807, 2.05) is 0 Å². The first-order valence-electron chi connectivity index (χ1n) is 9.52. The summed E-state index contributed by atoms with van der Waals surface area (Å²) in [7, 11) is -3.55. The molecule has 0 radical (unpaired) electrons.